The Hall–Kier alpha value is -2.03. The average Bonchev–Trinajstić information content (AvgIpc) is 2.39. The zero-order chi connectivity index (χ0) is 13.0. The van der Waals surface area contributed by atoms with Gasteiger partial charge in [0.25, 0.3) is 0 Å². The van der Waals surface area contributed by atoms with Crippen LogP contribution in [0.5, 0.6) is 0 Å². The Morgan fingerprint density at radius 3 is 2.50 bits per heavy atom. The van der Waals surface area contributed by atoms with Gasteiger partial charge in [-0.2, -0.15) is 0 Å². The number of hydrogen-bond donors (Lipinski definition) is 1. The van der Waals surface area contributed by atoms with Crippen LogP contribution in [0.25, 0.3) is 0 Å². The molecule has 2 aromatic rings. The van der Waals surface area contributed by atoms with Crippen molar-refractivity contribution in [3.05, 3.63) is 48.3 Å². The summed E-state index contributed by atoms with van der Waals surface area (Å²) < 4.78 is 0. The maximum absolute atomic E-state index is 4.26. The lowest BCUT2D eigenvalue weighted by Gasteiger charge is -2.20. The van der Waals surface area contributed by atoms with Gasteiger partial charge in [0.2, 0.25) is 0 Å². The van der Waals surface area contributed by atoms with Crippen LogP contribution < -0.4 is 10.2 Å². The lowest BCUT2D eigenvalue weighted by atomic mass is 10.2. The molecule has 0 saturated heterocycles. The van der Waals surface area contributed by atoms with Crippen LogP contribution in [0.1, 0.15) is 12.5 Å². The molecule has 0 radical (unpaired) electrons. The monoisotopic (exact) mass is 241 g/mol. The van der Waals surface area contributed by atoms with Gasteiger partial charge in [-0.3, -0.25) is 4.98 Å². The highest BCUT2D eigenvalue weighted by atomic mass is 15.1. The Labute approximate surface area is 108 Å². The Bertz CT molecular complexity index is 505. The smallest absolute Gasteiger partial charge is 0.0615 e. The second-order valence-electron chi connectivity index (χ2n) is 4.36. The lowest BCUT2D eigenvalue weighted by molar-refractivity contribution is 1.15. The number of aromatic nitrogens is 1. The second kappa shape index (κ2) is 5.54. The van der Waals surface area contributed by atoms with Gasteiger partial charge >= 0.3 is 0 Å². The van der Waals surface area contributed by atoms with Gasteiger partial charge in [-0.05, 0) is 32.0 Å². The minimum atomic E-state index is 0.902. The van der Waals surface area contributed by atoms with E-state index < -0.39 is 0 Å². The third kappa shape index (κ3) is 2.80. The van der Waals surface area contributed by atoms with E-state index in [0.29, 0.717) is 0 Å². The summed E-state index contributed by atoms with van der Waals surface area (Å²) in [5.41, 5.74) is 4.56. The van der Waals surface area contributed by atoms with Gasteiger partial charge in [-0.15, -0.1) is 0 Å². The first-order valence-electron chi connectivity index (χ1n) is 6.20. The molecule has 0 aliphatic rings. The van der Waals surface area contributed by atoms with Crippen LogP contribution in [0, 0.1) is 6.92 Å². The van der Waals surface area contributed by atoms with E-state index in [4.69, 9.17) is 0 Å². The summed E-state index contributed by atoms with van der Waals surface area (Å²) in [5.74, 6) is 0. The van der Waals surface area contributed by atoms with Crippen LogP contribution in [-0.4, -0.2) is 18.6 Å². The van der Waals surface area contributed by atoms with Gasteiger partial charge in [0.15, 0.2) is 0 Å². The van der Waals surface area contributed by atoms with E-state index in [9.17, 15) is 0 Å². The molecule has 2 rings (SSSR count). The normalized spacial score (nSPS) is 10.2. The molecule has 1 aromatic carbocycles. The third-order valence-corrected chi connectivity index (χ3v) is 2.91. The van der Waals surface area contributed by atoms with Crippen molar-refractivity contribution in [1.29, 1.82) is 0 Å². The number of anilines is 3. The molecule has 1 N–H and O–H groups in total. The predicted octanol–water partition coefficient (Wildman–Crippen LogP) is 3.59. The SMILES string of the molecule is CCNc1cncc(N(C)c2ccc(C)cc2)c1. The maximum atomic E-state index is 4.26. The van der Waals surface area contributed by atoms with Gasteiger partial charge in [-0.25, -0.2) is 0 Å². The van der Waals surface area contributed by atoms with Crippen molar-refractivity contribution >= 4 is 17.1 Å². The van der Waals surface area contributed by atoms with Gasteiger partial charge in [0.1, 0.15) is 0 Å². The summed E-state index contributed by atoms with van der Waals surface area (Å²) in [6.45, 7) is 5.08. The number of nitrogens with zero attached hydrogens (tertiary/aromatic N) is 2. The number of hydrogen-bond acceptors (Lipinski definition) is 3. The van der Waals surface area contributed by atoms with Crippen LogP contribution in [0.3, 0.4) is 0 Å². The summed E-state index contributed by atoms with van der Waals surface area (Å²) in [6.07, 6.45) is 3.72. The summed E-state index contributed by atoms with van der Waals surface area (Å²) in [6, 6.07) is 10.6. The molecular weight excluding hydrogens is 222 g/mol. The van der Waals surface area contributed by atoms with E-state index in [1.165, 1.54) is 5.56 Å². The predicted molar refractivity (Wildman–Crippen MR) is 77.6 cm³/mol. The van der Waals surface area contributed by atoms with Gasteiger partial charge in [0.05, 0.1) is 23.8 Å². The molecule has 0 spiro atoms. The maximum Gasteiger partial charge on any atom is 0.0615 e. The fourth-order valence-electron chi connectivity index (χ4n) is 1.83. The van der Waals surface area contributed by atoms with Crippen molar-refractivity contribution in [2.75, 3.05) is 23.8 Å². The average molecular weight is 241 g/mol. The minimum absolute atomic E-state index is 0.902. The summed E-state index contributed by atoms with van der Waals surface area (Å²) in [5, 5.41) is 3.27. The van der Waals surface area contributed by atoms with Gasteiger partial charge in [-0.1, -0.05) is 17.7 Å². The molecule has 1 heterocycles. The molecule has 3 heteroatoms. The highest BCUT2D eigenvalue weighted by Crippen LogP contribution is 2.24. The molecule has 3 nitrogen and oxygen atoms in total. The van der Waals surface area contributed by atoms with E-state index in [1.807, 2.05) is 12.4 Å². The molecule has 0 bridgehead atoms. The summed E-state index contributed by atoms with van der Waals surface area (Å²) >= 11 is 0. The van der Waals surface area contributed by atoms with Gasteiger partial charge in [0, 0.05) is 19.3 Å². The molecule has 0 atom stereocenters. The first-order chi connectivity index (χ1) is 8.70. The number of benzene rings is 1. The molecule has 0 saturated carbocycles. The molecular formula is C15H19N3. The minimum Gasteiger partial charge on any atom is -0.384 e. The number of pyridine rings is 1. The van der Waals surface area contributed by atoms with Crippen LogP contribution in [0.2, 0.25) is 0 Å². The van der Waals surface area contributed by atoms with Crippen LogP contribution in [0.15, 0.2) is 42.7 Å². The Morgan fingerprint density at radius 1 is 1.11 bits per heavy atom. The van der Waals surface area contributed by atoms with E-state index in [2.05, 4.69) is 66.4 Å². The van der Waals surface area contributed by atoms with E-state index in [0.717, 1.165) is 23.6 Å². The summed E-state index contributed by atoms with van der Waals surface area (Å²) in [7, 11) is 2.05. The van der Waals surface area contributed by atoms with E-state index >= 15 is 0 Å². The Morgan fingerprint density at radius 2 is 1.83 bits per heavy atom. The van der Waals surface area contributed by atoms with Crippen LogP contribution >= 0.6 is 0 Å². The van der Waals surface area contributed by atoms with E-state index in [-0.39, 0.29) is 0 Å². The zero-order valence-electron chi connectivity index (χ0n) is 11.1. The highest BCUT2D eigenvalue weighted by molar-refractivity contribution is 5.65. The molecule has 18 heavy (non-hydrogen) atoms. The molecule has 0 unspecified atom stereocenters. The topological polar surface area (TPSA) is 28.2 Å². The molecule has 94 valence electrons. The van der Waals surface area contributed by atoms with Crippen molar-refractivity contribution in [2.45, 2.75) is 13.8 Å². The van der Waals surface area contributed by atoms with Gasteiger partial charge < -0.3 is 10.2 Å². The molecule has 0 aliphatic heterocycles. The van der Waals surface area contributed by atoms with Crippen LogP contribution in [-0.2, 0) is 0 Å². The zero-order valence-corrected chi connectivity index (χ0v) is 11.1. The highest BCUT2D eigenvalue weighted by Gasteiger charge is 2.04. The lowest BCUT2D eigenvalue weighted by Crippen LogP contribution is -2.10. The van der Waals surface area contributed by atoms with E-state index in [1.54, 1.807) is 0 Å². The molecule has 0 aliphatic carbocycles. The molecule has 0 fully saturated rings. The first-order valence-corrected chi connectivity index (χ1v) is 6.20. The standard InChI is InChI=1S/C15H19N3/c1-4-17-13-9-15(11-16-10-13)18(3)14-7-5-12(2)6-8-14/h5-11,17H,4H2,1-3H3. The quantitative estimate of drug-likeness (QED) is 0.886. The van der Waals surface area contributed by atoms with Crippen molar-refractivity contribution in [3.8, 4) is 0 Å². The first kappa shape index (κ1) is 12.4. The Balaban J connectivity index is 2.24. The van der Waals surface area contributed by atoms with Crippen molar-refractivity contribution in [1.82, 2.24) is 4.98 Å². The van der Waals surface area contributed by atoms with Crippen LogP contribution in [0.4, 0.5) is 17.1 Å². The fraction of sp³-hybridized carbons (Fsp3) is 0.267. The van der Waals surface area contributed by atoms with Crippen molar-refractivity contribution in [2.24, 2.45) is 0 Å². The number of rotatable bonds is 4. The third-order valence-electron chi connectivity index (χ3n) is 2.91. The van der Waals surface area contributed by atoms with Crippen molar-refractivity contribution in [3.63, 3.8) is 0 Å². The summed E-state index contributed by atoms with van der Waals surface area (Å²) in [4.78, 5) is 6.40. The molecule has 0 amide bonds. The number of aryl methyl sites for hydroxylation is 1. The van der Waals surface area contributed by atoms with Crippen molar-refractivity contribution < 1.29 is 0 Å². The Kier molecular flexibility index (Phi) is 3.82. The molecule has 1 aromatic heterocycles. The number of nitrogens with one attached hydrogen (secondary N) is 1. The fourth-order valence-corrected chi connectivity index (χ4v) is 1.83. The second-order valence-corrected chi connectivity index (χ2v) is 4.36. The largest absolute Gasteiger partial charge is 0.384 e.